The molecule has 1 aliphatic heterocycles. The Bertz CT molecular complexity index is 556. The third-order valence-corrected chi connectivity index (χ3v) is 3.81. The summed E-state index contributed by atoms with van der Waals surface area (Å²) in [4.78, 5) is 8.15. The number of nitrogens with zero attached hydrogens (tertiary/aromatic N) is 1. The van der Waals surface area contributed by atoms with E-state index in [0.29, 0.717) is 5.92 Å². The molecule has 0 radical (unpaired) electrons. The van der Waals surface area contributed by atoms with E-state index in [1.807, 2.05) is 24.3 Å². The number of halogens is 1. The highest BCUT2D eigenvalue weighted by Gasteiger charge is 2.21. The molecular weight excluding hydrogens is 246 g/mol. The molecule has 0 aliphatic carbocycles. The van der Waals surface area contributed by atoms with Crippen LogP contribution in [0.2, 0.25) is 5.02 Å². The summed E-state index contributed by atoms with van der Waals surface area (Å²) in [5, 5.41) is 4.12. The summed E-state index contributed by atoms with van der Waals surface area (Å²) >= 11 is 6.23. The molecule has 2 N–H and O–H groups in total. The molecular formula is C14H16ClN3. The third-order valence-electron chi connectivity index (χ3n) is 3.48. The van der Waals surface area contributed by atoms with E-state index < -0.39 is 0 Å². The Labute approximate surface area is 112 Å². The highest BCUT2D eigenvalue weighted by molar-refractivity contribution is 6.33. The molecule has 0 amide bonds. The van der Waals surface area contributed by atoms with Gasteiger partial charge in [0.1, 0.15) is 5.82 Å². The molecule has 2 heterocycles. The zero-order valence-electron chi connectivity index (χ0n) is 10.3. The number of aryl methyl sites for hydroxylation is 1. The van der Waals surface area contributed by atoms with Gasteiger partial charge in [0.15, 0.2) is 0 Å². The first-order chi connectivity index (χ1) is 8.75. The molecule has 1 aliphatic rings. The predicted molar refractivity (Wildman–Crippen MR) is 74.0 cm³/mol. The molecule has 3 nitrogen and oxygen atoms in total. The molecule has 0 saturated carbocycles. The second-order valence-corrected chi connectivity index (χ2v) is 5.17. The first kappa shape index (κ1) is 11.8. The van der Waals surface area contributed by atoms with E-state index in [9.17, 15) is 0 Å². The molecule has 18 heavy (non-hydrogen) atoms. The maximum Gasteiger partial charge on any atom is 0.111 e. The van der Waals surface area contributed by atoms with Gasteiger partial charge in [-0.1, -0.05) is 29.8 Å². The van der Waals surface area contributed by atoms with Crippen LogP contribution in [0.25, 0.3) is 11.3 Å². The maximum absolute atomic E-state index is 6.23. The minimum absolute atomic E-state index is 0.500. The zero-order chi connectivity index (χ0) is 12.5. The first-order valence-electron chi connectivity index (χ1n) is 6.28. The largest absolute Gasteiger partial charge is 0.345 e. The quantitative estimate of drug-likeness (QED) is 0.872. The molecule has 0 spiro atoms. The van der Waals surface area contributed by atoms with Crippen LogP contribution in [0.15, 0.2) is 24.3 Å². The van der Waals surface area contributed by atoms with Crippen molar-refractivity contribution in [3.05, 3.63) is 40.8 Å². The Hall–Kier alpha value is -1.32. The monoisotopic (exact) mass is 261 g/mol. The van der Waals surface area contributed by atoms with Crippen LogP contribution in [0.3, 0.4) is 0 Å². The van der Waals surface area contributed by atoms with Gasteiger partial charge in [0.05, 0.1) is 10.7 Å². The lowest BCUT2D eigenvalue weighted by Gasteiger charge is -2.03. The normalized spacial score (nSPS) is 19.3. The van der Waals surface area contributed by atoms with Gasteiger partial charge in [-0.25, -0.2) is 4.98 Å². The highest BCUT2D eigenvalue weighted by Crippen LogP contribution is 2.30. The Kier molecular flexibility index (Phi) is 3.10. The number of aromatic amines is 1. The van der Waals surface area contributed by atoms with Gasteiger partial charge < -0.3 is 10.3 Å². The summed E-state index contributed by atoms with van der Waals surface area (Å²) in [6.07, 6.45) is 1.15. The van der Waals surface area contributed by atoms with E-state index in [2.05, 4.69) is 17.2 Å². The lowest BCUT2D eigenvalue weighted by Crippen LogP contribution is -2.08. The first-order valence-corrected chi connectivity index (χ1v) is 6.65. The fourth-order valence-electron chi connectivity index (χ4n) is 2.48. The summed E-state index contributed by atoms with van der Waals surface area (Å²) < 4.78 is 0. The van der Waals surface area contributed by atoms with Crippen molar-refractivity contribution in [2.75, 3.05) is 13.1 Å². The van der Waals surface area contributed by atoms with Gasteiger partial charge in [0.2, 0.25) is 0 Å². The molecule has 1 aromatic carbocycles. The van der Waals surface area contributed by atoms with Crippen LogP contribution in [0.5, 0.6) is 0 Å². The van der Waals surface area contributed by atoms with Crippen molar-refractivity contribution in [1.29, 1.82) is 0 Å². The second kappa shape index (κ2) is 4.75. The predicted octanol–water partition coefficient (Wildman–Crippen LogP) is 3.12. The fraction of sp³-hybridized carbons (Fsp3) is 0.357. The van der Waals surface area contributed by atoms with Crippen LogP contribution in [-0.4, -0.2) is 23.1 Å². The third kappa shape index (κ3) is 2.04. The molecule has 1 unspecified atom stereocenters. The summed E-state index contributed by atoms with van der Waals surface area (Å²) in [6.45, 7) is 4.14. The van der Waals surface area contributed by atoms with E-state index in [1.54, 1.807) is 0 Å². The van der Waals surface area contributed by atoms with Crippen LogP contribution in [0.4, 0.5) is 0 Å². The molecule has 1 saturated heterocycles. The number of hydrogen-bond donors (Lipinski definition) is 2. The Morgan fingerprint density at radius 1 is 1.33 bits per heavy atom. The minimum Gasteiger partial charge on any atom is -0.345 e. The average Bonchev–Trinajstić information content (AvgIpc) is 2.99. The van der Waals surface area contributed by atoms with Crippen molar-refractivity contribution in [3.8, 4) is 11.3 Å². The fourth-order valence-corrected chi connectivity index (χ4v) is 2.71. The number of hydrogen-bond acceptors (Lipinski definition) is 2. The van der Waals surface area contributed by atoms with Crippen LogP contribution in [0, 0.1) is 6.92 Å². The number of rotatable bonds is 2. The molecule has 3 rings (SSSR count). The Morgan fingerprint density at radius 2 is 2.17 bits per heavy atom. The van der Waals surface area contributed by atoms with E-state index in [0.717, 1.165) is 47.3 Å². The van der Waals surface area contributed by atoms with Crippen molar-refractivity contribution >= 4 is 11.6 Å². The molecule has 1 aromatic heterocycles. The molecule has 2 aromatic rings. The summed E-state index contributed by atoms with van der Waals surface area (Å²) in [6, 6.07) is 7.85. The van der Waals surface area contributed by atoms with Gasteiger partial charge in [-0.2, -0.15) is 0 Å². The summed E-state index contributed by atoms with van der Waals surface area (Å²) in [7, 11) is 0. The van der Waals surface area contributed by atoms with Gasteiger partial charge in [-0.05, 0) is 26.0 Å². The van der Waals surface area contributed by atoms with E-state index in [1.165, 1.54) is 0 Å². The minimum atomic E-state index is 0.500. The van der Waals surface area contributed by atoms with Gasteiger partial charge in [-0.15, -0.1) is 0 Å². The van der Waals surface area contributed by atoms with Crippen LogP contribution in [-0.2, 0) is 0 Å². The molecule has 1 fully saturated rings. The standard InChI is InChI=1S/C14H16ClN3/c1-9-13(11-4-2-3-5-12(11)15)18-14(17-9)10-6-7-16-8-10/h2-5,10,16H,6-8H2,1H3,(H,17,18). The number of benzene rings is 1. The summed E-state index contributed by atoms with van der Waals surface area (Å²) in [5.74, 6) is 1.58. The molecule has 0 bridgehead atoms. The number of aromatic nitrogens is 2. The molecule has 1 atom stereocenters. The van der Waals surface area contributed by atoms with Crippen molar-refractivity contribution in [1.82, 2.24) is 15.3 Å². The van der Waals surface area contributed by atoms with E-state index in [4.69, 9.17) is 16.6 Å². The van der Waals surface area contributed by atoms with Crippen molar-refractivity contribution < 1.29 is 0 Å². The van der Waals surface area contributed by atoms with Gasteiger partial charge in [0, 0.05) is 23.7 Å². The van der Waals surface area contributed by atoms with Gasteiger partial charge in [0.25, 0.3) is 0 Å². The zero-order valence-corrected chi connectivity index (χ0v) is 11.1. The lowest BCUT2D eigenvalue weighted by atomic mass is 10.1. The summed E-state index contributed by atoms with van der Waals surface area (Å²) in [5.41, 5.74) is 3.07. The van der Waals surface area contributed by atoms with E-state index >= 15 is 0 Å². The topological polar surface area (TPSA) is 40.7 Å². The second-order valence-electron chi connectivity index (χ2n) is 4.77. The van der Waals surface area contributed by atoms with E-state index in [-0.39, 0.29) is 0 Å². The molecule has 4 heteroatoms. The van der Waals surface area contributed by atoms with Gasteiger partial charge in [-0.3, -0.25) is 0 Å². The van der Waals surface area contributed by atoms with Crippen molar-refractivity contribution in [2.45, 2.75) is 19.3 Å². The van der Waals surface area contributed by atoms with Gasteiger partial charge >= 0.3 is 0 Å². The highest BCUT2D eigenvalue weighted by atomic mass is 35.5. The smallest absolute Gasteiger partial charge is 0.111 e. The Morgan fingerprint density at radius 3 is 2.89 bits per heavy atom. The average molecular weight is 262 g/mol. The van der Waals surface area contributed by atoms with Crippen molar-refractivity contribution in [3.63, 3.8) is 0 Å². The molecule has 94 valence electrons. The number of H-pyrrole nitrogens is 1. The van der Waals surface area contributed by atoms with Crippen molar-refractivity contribution in [2.24, 2.45) is 0 Å². The Balaban J connectivity index is 2.00. The SMILES string of the molecule is Cc1[nH]c(C2CCNC2)nc1-c1ccccc1Cl. The number of nitrogens with one attached hydrogen (secondary N) is 2. The van der Waals surface area contributed by atoms with Crippen LogP contribution >= 0.6 is 11.6 Å². The maximum atomic E-state index is 6.23. The van der Waals surface area contributed by atoms with Crippen LogP contribution < -0.4 is 5.32 Å². The lowest BCUT2D eigenvalue weighted by molar-refractivity contribution is 0.713. The van der Waals surface area contributed by atoms with Crippen LogP contribution in [0.1, 0.15) is 23.9 Å². The number of imidazole rings is 1.